The van der Waals surface area contributed by atoms with Crippen LogP contribution in [-0.4, -0.2) is 30.8 Å². The molecule has 1 saturated heterocycles. The molecule has 3 rings (SSSR count). The van der Waals surface area contributed by atoms with Crippen LogP contribution in [0, 0.1) is 11.7 Å². The molecule has 0 unspecified atom stereocenters. The minimum absolute atomic E-state index is 0.0200. The van der Waals surface area contributed by atoms with Gasteiger partial charge in [0, 0.05) is 29.2 Å². The highest BCUT2D eigenvalue weighted by molar-refractivity contribution is 6.30. The molecule has 134 valence electrons. The van der Waals surface area contributed by atoms with Crippen LogP contribution in [0.5, 0.6) is 0 Å². The standard InChI is InChI=1S/C19H15ClFNO4/c20-14-3-7-16(8-4-14)22-10-13(9-18(22)24)19(25)26-11-17(23)12-1-5-15(21)6-2-12/h1-8,13H,9-11H2/t13-/m0/s1. The number of rotatable bonds is 5. The predicted octanol–water partition coefficient (Wildman–Crippen LogP) is 3.26. The van der Waals surface area contributed by atoms with E-state index in [2.05, 4.69) is 0 Å². The van der Waals surface area contributed by atoms with Gasteiger partial charge in [-0.3, -0.25) is 14.4 Å². The number of hydrogen-bond acceptors (Lipinski definition) is 4. The third-order valence-electron chi connectivity index (χ3n) is 4.11. The summed E-state index contributed by atoms with van der Waals surface area (Å²) in [5, 5.41) is 0.552. The molecular formula is C19H15ClFNO4. The maximum absolute atomic E-state index is 12.9. The Balaban J connectivity index is 1.57. The molecule has 7 heteroatoms. The largest absolute Gasteiger partial charge is 0.457 e. The Kier molecular flexibility index (Phi) is 5.32. The monoisotopic (exact) mass is 375 g/mol. The van der Waals surface area contributed by atoms with Gasteiger partial charge in [0.15, 0.2) is 12.4 Å². The Labute approximate surface area is 154 Å². The van der Waals surface area contributed by atoms with E-state index < -0.39 is 30.1 Å². The average Bonchev–Trinajstić information content (AvgIpc) is 3.02. The summed E-state index contributed by atoms with van der Waals surface area (Å²) in [6, 6.07) is 11.7. The zero-order chi connectivity index (χ0) is 18.7. The van der Waals surface area contributed by atoms with Gasteiger partial charge < -0.3 is 9.64 Å². The number of hydrogen-bond donors (Lipinski definition) is 0. The SMILES string of the molecule is O=C(COC(=O)[C@H]1CC(=O)N(c2ccc(Cl)cc2)C1)c1ccc(F)cc1. The van der Waals surface area contributed by atoms with Gasteiger partial charge in [-0.25, -0.2) is 4.39 Å². The van der Waals surface area contributed by atoms with Crippen LogP contribution >= 0.6 is 11.6 Å². The van der Waals surface area contributed by atoms with Crippen LogP contribution in [0.25, 0.3) is 0 Å². The molecule has 1 fully saturated rings. The summed E-state index contributed by atoms with van der Waals surface area (Å²) in [5.41, 5.74) is 0.904. The Bertz CT molecular complexity index is 836. The first-order valence-electron chi connectivity index (χ1n) is 7.95. The van der Waals surface area contributed by atoms with Crippen LogP contribution in [0.15, 0.2) is 48.5 Å². The van der Waals surface area contributed by atoms with Crippen LogP contribution in [0.3, 0.4) is 0 Å². The lowest BCUT2D eigenvalue weighted by molar-refractivity contribution is -0.147. The maximum Gasteiger partial charge on any atom is 0.311 e. The van der Waals surface area contributed by atoms with E-state index in [-0.39, 0.29) is 24.4 Å². The second-order valence-electron chi connectivity index (χ2n) is 5.92. The molecule has 0 aliphatic carbocycles. The van der Waals surface area contributed by atoms with Gasteiger partial charge in [0.1, 0.15) is 5.82 Å². The Morgan fingerprint density at radius 2 is 1.77 bits per heavy atom. The molecule has 26 heavy (non-hydrogen) atoms. The second kappa shape index (κ2) is 7.66. The van der Waals surface area contributed by atoms with Gasteiger partial charge in [-0.05, 0) is 48.5 Å². The van der Waals surface area contributed by atoms with E-state index in [1.807, 2.05) is 0 Å². The number of ether oxygens (including phenoxy) is 1. The number of benzene rings is 2. The van der Waals surface area contributed by atoms with Crippen molar-refractivity contribution in [3.63, 3.8) is 0 Å². The first-order chi connectivity index (χ1) is 12.4. The lowest BCUT2D eigenvalue weighted by Crippen LogP contribution is -2.27. The van der Waals surface area contributed by atoms with Crippen molar-refractivity contribution < 1.29 is 23.5 Å². The molecule has 0 aromatic heterocycles. The molecule has 0 radical (unpaired) electrons. The van der Waals surface area contributed by atoms with E-state index in [0.29, 0.717) is 10.7 Å². The molecule has 1 heterocycles. The highest BCUT2D eigenvalue weighted by atomic mass is 35.5. The fraction of sp³-hybridized carbons (Fsp3) is 0.211. The van der Waals surface area contributed by atoms with Gasteiger partial charge in [-0.15, -0.1) is 0 Å². The fourth-order valence-electron chi connectivity index (χ4n) is 2.71. The number of carbonyl (C=O) groups excluding carboxylic acids is 3. The van der Waals surface area contributed by atoms with Crippen molar-refractivity contribution in [3.05, 3.63) is 64.9 Å². The maximum atomic E-state index is 12.9. The molecule has 1 aliphatic rings. The minimum atomic E-state index is -0.640. The van der Waals surface area contributed by atoms with E-state index in [1.165, 1.54) is 17.0 Å². The zero-order valence-electron chi connectivity index (χ0n) is 13.7. The number of halogens is 2. The van der Waals surface area contributed by atoms with Gasteiger partial charge in [0.25, 0.3) is 0 Å². The van der Waals surface area contributed by atoms with Crippen LogP contribution in [0.2, 0.25) is 5.02 Å². The van der Waals surface area contributed by atoms with Gasteiger partial charge in [-0.1, -0.05) is 11.6 Å². The molecular weight excluding hydrogens is 361 g/mol. The Morgan fingerprint density at radius 1 is 1.12 bits per heavy atom. The number of nitrogens with zero attached hydrogens (tertiary/aromatic N) is 1. The van der Waals surface area contributed by atoms with Crippen molar-refractivity contribution in [1.29, 1.82) is 0 Å². The third kappa shape index (κ3) is 4.08. The van der Waals surface area contributed by atoms with Crippen molar-refractivity contribution in [2.45, 2.75) is 6.42 Å². The topological polar surface area (TPSA) is 63.7 Å². The average molecular weight is 376 g/mol. The van der Waals surface area contributed by atoms with Crippen LogP contribution < -0.4 is 4.90 Å². The number of carbonyl (C=O) groups is 3. The smallest absolute Gasteiger partial charge is 0.311 e. The van der Waals surface area contributed by atoms with Crippen molar-refractivity contribution in [2.75, 3.05) is 18.1 Å². The van der Waals surface area contributed by atoms with Crippen LogP contribution in [0.1, 0.15) is 16.8 Å². The summed E-state index contributed by atoms with van der Waals surface area (Å²) in [5.74, 6) is -2.33. The molecule has 1 aliphatic heterocycles. The lowest BCUT2D eigenvalue weighted by atomic mass is 10.1. The van der Waals surface area contributed by atoms with Crippen molar-refractivity contribution in [3.8, 4) is 0 Å². The summed E-state index contributed by atoms with van der Waals surface area (Å²) in [6.07, 6.45) is 0.0200. The molecule has 0 saturated carbocycles. The lowest BCUT2D eigenvalue weighted by Gasteiger charge is -2.16. The van der Waals surface area contributed by atoms with Gasteiger partial charge in [0.2, 0.25) is 5.91 Å². The summed E-state index contributed by atoms with van der Waals surface area (Å²) in [7, 11) is 0. The van der Waals surface area contributed by atoms with E-state index in [9.17, 15) is 18.8 Å². The number of anilines is 1. The van der Waals surface area contributed by atoms with Crippen molar-refractivity contribution >= 4 is 34.9 Å². The number of Topliss-reactive ketones (excluding diaryl/α,β-unsaturated/α-hetero) is 1. The van der Waals surface area contributed by atoms with Gasteiger partial charge in [0.05, 0.1) is 5.92 Å². The van der Waals surface area contributed by atoms with Crippen molar-refractivity contribution in [2.24, 2.45) is 5.92 Å². The summed E-state index contributed by atoms with van der Waals surface area (Å²) >= 11 is 5.83. The molecule has 5 nitrogen and oxygen atoms in total. The zero-order valence-corrected chi connectivity index (χ0v) is 14.4. The van der Waals surface area contributed by atoms with E-state index in [1.54, 1.807) is 24.3 Å². The molecule has 2 aromatic carbocycles. The van der Waals surface area contributed by atoms with Crippen LogP contribution in [0.4, 0.5) is 10.1 Å². The Hall–Kier alpha value is -2.73. The van der Waals surface area contributed by atoms with E-state index in [4.69, 9.17) is 16.3 Å². The molecule has 0 spiro atoms. The van der Waals surface area contributed by atoms with Gasteiger partial charge in [-0.2, -0.15) is 0 Å². The normalized spacial score (nSPS) is 16.6. The predicted molar refractivity (Wildman–Crippen MR) is 93.6 cm³/mol. The first-order valence-corrected chi connectivity index (χ1v) is 8.33. The fourth-order valence-corrected chi connectivity index (χ4v) is 2.84. The third-order valence-corrected chi connectivity index (χ3v) is 4.36. The Morgan fingerprint density at radius 3 is 2.42 bits per heavy atom. The highest BCUT2D eigenvalue weighted by Crippen LogP contribution is 2.27. The molecule has 0 bridgehead atoms. The van der Waals surface area contributed by atoms with Crippen LogP contribution in [-0.2, 0) is 14.3 Å². The summed E-state index contributed by atoms with van der Waals surface area (Å²) in [6.45, 7) is -0.264. The number of ketones is 1. The molecule has 1 atom stereocenters. The number of esters is 1. The molecule has 1 amide bonds. The van der Waals surface area contributed by atoms with Gasteiger partial charge >= 0.3 is 5.97 Å². The minimum Gasteiger partial charge on any atom is -0.457 e. The quantitative estimate of drug-likeness (QED) is 0.594. The van der Waals surface area contributed by atoms with E-state index >= 15 is 0 Å². The summed E-state index contributed by atoms with van der Waals surface area (Å²) < 4.78 is 17.9. The summed E-state index contributed by atoms with van der Waals surface area (Å²) in [4.78, 5) is 37.8. The first kappa shape index (κ1) is 18.1. The highest BCUT2D eigenvalue weighted by Gasteiger charge is 2.36. The molecule has 0 N–H and O–H groups in total. The second-order valence-corrected chi connectivity index (χ2v) is 6.36. The molecule has 2 aromatic rings. The van der Waals surface area contributed by atoms with Crippen molar-refractivity contribution in [1.82, 2.24) is 0 Å². The van der Waals surface area contributed by atoms with E-state index in [0.717, 1.165) is 12.1 Å². The number of amides is 1.